The summed E-state index contributed by atoms with van der Waals surface area (Å²) >= 11 is 0. The first-order chi connectivity index (χ1) is 6.02. The molecule has 0 saturated heterocycles. The normalized spacial score (nSPS) is 29.9. The molecule has 1 saturated carbocycles. The lowest BCUT2D eigenvalue weighted by Crippen LogP contribution is -2.36. The van der Waals surface area contributed by atoms with Gasteiger partial charge in [0.2, 0.25) is 0 Å². The molecule has 0 aromatic carbocycles. The van der Waals surface area contributed by atoms with E-state index in [0.29, 0.717) is 5.41 Å². The van der Waals surface area contributed by atoms with Crippen molar-refractivity contribution in [2.75, 3.05) is 0 Å². The predicted molar refractivity (Wildman–Crippen MR) is 53.8 cm³/mol. The Morgan fingerprint density at radius 1 is 1.15 bits per heavy atom. The summed E-state index contributed by atoms with van der Waals surface area (Å²) < 4.78 is 0. The van der Waals surface area contributed by atoms with Crippen LogP contribution >= 0.6 is 0 Å². The Kier molecular flexibility index (Phi) is 1.90. The maximum Gasteiger partial charge on any atom is 0.143 e. The van der Waals surface area contributed by atoms with Gasteiger partial charge in [0.05, 0.1) is 5.71 Å². The zero-order valence-corrected chi connectivity index (χ0v) is 8.89. The van der Waals surface area contributed by atoms with E-state index < -0.39 is 0 Å². The molecule has 13 heavy (non-hydrogen) atoms. The van der Waals surface area contributed by atoms with Gasteiger partial charge in [-0.3, -0.25) is 0 Å². The summed E-state index contributed by atoms with van der Waals surface area (Å²) in [5, 5.41) is 4.08. The Morgan fingerprint density at radius 2 is 1.77 bits per heavy atom. The first kappa shape index (κ1) is 9.04. The molecule has 74 valence electrons. The fourth-order valence-corrected chi connectivity index (χ4v) is 2.36. The van der Waals surface area contributed by atoms with Crippen LogP contribution in [0, 0.1) is 5.41 Å². The lowest BCUT2D eigenvalue weighted by molar-refractivity contribution is -0.0653. The minimum Gasteiger partial charge on any atom is -0.389 e. The smallest absolute Gasteiger partial charge is 0.143 e. The van der Waals surface area contributed by atoms with E-state index >= 15 is 0 Å². The fourth-order valence-electron chi connectivity index (χ4n) is 2.36. The largest absolute Gasteiger partial charge is 0.389 e. The topological polar surface area (TPSA) is 21.6 Å². The molecule has 2 aliphatic rings. The Morgan fingerprint density at radius 3 is 2.23 bits per heavy atom. The summed E-state index contributed by atoms with van der Waals surface area (Å²) in [6, 6.07) is 0. The molecule has 0 aromatic rings. The lowest BCUT2D eigenvalue weighted by Gasteiger charge is -2.39. The van der Waals surface area contributed by atoms with Gasteiger partial charge in [0.1, 0.15) is 5.60 Å². The maximum atomic E-state index is 5.57. The summed E-state index contributed by atoms with van der Waals surface area (Å²) in [6.45, 7) is 6.76. The van der Waals surface area contributed by atoms with Gasteiger partial charge in [-0.25, -0.2) is 0 Å². The van der Waals surface area contributed by atoms with Gasteiger partial charge in [-0.1, -0.05) is 19.0 Å². The first-order valence-electron chi connectivity index (χ1n) is 5.23. The minimum absolute atomic E-state index is 0.0968. The summed E-state index contributed by atoms with van der Waals surface area (Å²) in [7, 11) is 0. The van der Waals surface area contributed by atoms with E-state index in [4.69, 9.17) is 4.84 Å². The van der Waals surface area contributed by atoms with Crippen LogP contribution in [-0.4, -0.2) is 11.3 Å². The van der Waals surface area contributed by atoms with Crippen LogP contribution in [-0.2, 0) is 4.84 Å². The quantitative estimate of drug-likeness (QED) is 0.562. The second kappa shape index (κ2) is 2.73. The summed E-state index contributed by atoms with van der Waals surface area (Å²) in [5.41, 5.74) is 1.78. The molecule has 0 amide bonds. The van der Waals surface area contributed by atoms with Crippen molar-refractivity contribution in [2.24, 2.45) is 10.6 Å². The van der Waals surface area contributed by atoms with E-state index in [-0.39, 0.29) is 5.60 Å². The third-order valence-corrected chi connectivity index (χ3v) is 3.49. The van der Waals surface area contributed by atoms with Crippen LogP contribution in [0.2, 0.25) is 0 Å². The summed E-state index contributed by atoms with van der Waals surface area (Å²) in [4.78, 5) is 5.57. The SMILES string of the molecule is CC1=NOC2(CCC(C)(C)CC2)C1. The second-order valence-electron chi connectivity index (χ2n) is 5.44. The minimum atomic E-state index is 0.0968. The van der Waals surface area contributed by atoms with E-state index in [2.05, 4.69) is 25.9 Å². The molecule has 2 nitrogen and oxygen atoms in total. The van der Waals surface area contributed by atoms with E-state index in [1.807, 2.05) is 0 Å². The second-order valence-corrected chi connectivity index (χ2v) is 5.44. The molecule has 0 bridgehead atoms. The summed E-state index contributed by atoms with van der Waals surface area (Å²) in [6.07, 6.45) is 5.97. The molecule has 1 fully saturated rings. The third-order valence-electron chi connectivity index (χ3n) is 3.49. The first-order valence-corrected chi connectivity index (χ1v) is 5.23. The van der Waals surface area contributed by atoms with Crippen molar-refractivity contribution in [1.82, 2.24) is 0 Å². The van der Waals surface area contributed by atoms with Crippen molar-refractivity contribution in [3.05, 3.63) is 0 Å². The molecule has 1 spiro atoms. The molecule has 1 aliphatic heterocycles. The van der Waals surface area contributed by atoms with Gasteiger partial charge in [0, 0.05) is 6.42 Å². The highest BCUT2D eigenvalue weighted by molar-refractivity contribution is 5.83. The molecular formula is C11H19NO. The Hall–Kier alpha value is -0.530. The predicted octanol–water partition coefficient (Wildman–Crippen LogP) is 3.12. The highest BCUT2D eigenvalue weighted by Crippen LogP contribution is 2.45. The van der Waals surface area contributed by atoms with E-state index in [1.165, 1.54) is 31.4 Å². The van der Waals surface area contributed by atoms with Gasteiger partial charge in [-0.05, 0) is 38.0 Å². The molecule has 0 radical (unpaired) electrons. The van der Waals surface area contributed by atoms with Crippen LogP contribution in [0.3, 0.4) is 0 Å². The van der Waals surface area contributed by atoms with Gasteiger partial charge in [-0.2, -0.15) is 0 Å². The zero-order valence-electron chi connectivity index (χ0n) is 8.89. The maximum absolute atomic E-state index is 5.57. The molecule has 1 heterocycles. The highest BCUT2D eigenvalue weighted by atomic mass is 16.7. The van der Waals surface area contributed by atoms with Gasteiger partial charge in [-0.15, -0.1) is 0 Å². The van der Waals surface area contributed by atoms with Crippen LogP contribution < -0.4 is 0 Å². The number of oxime groups is 1. The molecule has 0 N–H and O–H groups in total. The van der Waals surface area contributed by atoms with Gasteiger partial charge in [0.25, 0.3) is 0 Å². The summed E-state index contributed by atoms with van der Waals surface area (Å²) in [5.74, 6) is 0. The standard InChI is InChI=1S/C11H19NO/c1-9-8-11(13-12-9)6-4-10(2,3)5-7-11/h4-8H2,1-3H3. The molecular weight excluding hydrogens is 162 g/mol. The number of hydrogen-bond donors (Lipinski definition) is 0. The molecule has 0 aromatic heterocycles. The van der Waals surface area contributed by atoms with Gasteiger partial charge in [0.15, 0.2) is 0 Å². The molecule has 0 atom stereocenters. The monoisotopic (exact) mass is 181 g/mol. The number of rotatable bonds is 0. The van der Waals surface area contributed by atoms with Crippen molar-refractivity contribution in [2.45, 2.75) is 58.5 Å². The fraction of sp³-hybridized carbons (Fsp3) is 0.909. The molecule has 1 aliphatic carbocycles. The molecule has 2 heteroatoms. The van der Waals surface area contributed by atoms with Crippen LogP contribution in [0.4, 0.5) is 0 Å². The third kappa shape index (κ3) is 1.72. The van der Waals surface area contributed by atoms with E-state index in [0.717, 1.165) is 6.42 Å². The Labute approximate surface area is 80.3 Å². The van der Waals surface area contributed by atoms with E-state index in [1.54, 1.807) is 0 Å². The Balaban J connectivity index is 1.99. The highest BCUT2D eigenvalue weighted by Gasteiger charge is 2.43. The number of hydrogen-bond acceptors (Lipinski definition) is 2. The Bertz CT molecular complexity index is 232. The van der Waals surface area contributed by atoms with E-state index in [9.17, 15) is 0 Å². The van der Waals surface area contributed by atoms with Crippen molar-refractivity contribution in [3.63, 3.8) is 0 Å². The van der Waals surface area contributed by atoms with Crippen molar-refractivity contribution < 1.29 is 4.84 Å². The van der Waals surface area contributed by atoms with Crippen LogP contribution in [0.1, 0.15) is 52.9 Å². The zero-order chi connectivity index (χ0) is 9.53. The van der Waals surface area contributed by atoms with Crippen molar-refractivity contribution in [1.29, 1.82) is 0 Å². The van der Waals surface area contributed by atoms with Gasteiger partial charge < -0.3 is 4.84 Å². The average molecular weight is 181 g/mol. The molecule has 0 unspecified atom stereocenters. The lowest BCUT2D eigenvalue weighted by atomic mass is 9.70. The van der Waals surface area contributed by atoms with Gasteiger partial charge >= 0.3 is 0 Å². The van der Waals surface area contributed by atoms with Crippen LogP contribution in [0.5, 0.6) is 0 Å². The van der Waals surface area contributed by atoms with Crippen molar-refractivity contribution >= 4 is 5.71 Å². The van der Waals surface area contributed by atoms with Crippen LogP contribution in [0.25, 0.3) is 0 Å². The van der Waals surface area contributed by atoms with Crippen LogP contribution in [0.15, 0.2) is 5.16 Å². The molecule has 2 rings (SSSR count). The van der Waals surface area contributed by atoms with Crippen molar-refractivity contribution in [3.8, 4) is 0 Å². The average Bonchev–Trinajstić information content (AvgIpc) is 2.41. The number of nitrogens with zero attached hydrogens (tertiary/aromatic N) is 1.